The first kappa shape index (κ1) is 19.2. The molecule has 0 radical (unpaired) electrons. The van der Waals surface area contributed by atoms with E-state index in [4.69, 9.17) is 4.74 Å². The third-order valence-electron chi connectivity index (χ3n) is 4.42. The van der Waals surface area contributed by atoms with Crippen LogP contribution in [0.2, 0.25) is 0 Å². The van der Waals surface area contributed by atoms with Crippen molar-refractivity contribution in [3.8, 4) is 5.75 Å². The molecule has 2 aromatic rings. The molecular weight excluding hydrogens is 338 g/mol. The fraction of sp³-hybridized carbons (Fsp3) is 0.409. The molecule has 27 heavy (non-hydrogen) atoms. The lowest BCUT2D eigenvalue weighted by molar-refractivity contribution is 0.138. The Bertz CT molecular complexity index is 798. The van der Waals surface area contributed by atoms with Crippen LogP contribution in [0.25, 0.3) is 0 Å². The molecule has 0 aliphatic carbocycles. The molecule has 5 heteroatoms. The molecule has 2 aromatic carbocycles. The zero-order valence-electron chi connectivity index (χ0n) is 16.6. The Morgan fingerprint density at radius 1 is 1.07 bits per heavy atom. The van der Waals surface area contributed by atoms with E-state index in [-0.39, 0.29) is 17.7 Å². The first-order valence-electron chi connectivity index (χ1n) is 9.49. The fourth-order valence-corrected chi connectivity index (χ4v) is 3.26. The molecule has 0 aromatic heterocycles. The van der Waals surface area contributed by atoms with Gasteiger partial charge in [-0.1, -0.05) is 24.3 Å². The average Bonchev–Trinajstić information content (AvgIpc) is 2.88. The number of benzene rings is 2. The zero-order chi connectivity index (χ0) is 19.4. The maximum absolute atomic E-state index is 11.7. The molecule has 0 bridgehead atoms. The summed E-state index contributed by atoms with van der Waals surface area (Å²) in [7, 11) is 0. The molecule has 3 N–H and O–H groups in total. The SMILES string of the molecule is CC(C)NC(=O)Nc1ccc(CNCc2ccc3c(c2)CC(C)(C)O3)cc1. The van der Waals surface area contributed by atoms with E-state index in [1.807, 2.05) is 38.1 Å². The minimum absolute atomic E-state index is 0.101. The number of ether oxygens (including phenoxy) is 1. The van der Waals surface area contributed by atoms with Gasteiger partial charge in [0, 0.05) is 31.2 Å². The molecule has 2 amide bonds. The van der Waals surface area contributed by atoms with E-state index in [1.165, 1.54) is 16.7 Å². The van der Waals surface area contributed by atoms with E-state index in [1.54, 1.807) is 0 Å². The van der Waals surface area contributed by atoms with Gasteiger partial charge >= 0.3 is 6.03 Å². The maximum atomic E-state index is 11.7. The summed E-state index contributed by atoms with van der Waals surface area (Å²) in [6, 6.07) is 14.3. The number of hydrogen-bond donors (Lipinski definition) is 3. The molecule has 0 unspecified atom stereocenters. The van der Waals surface area contributed by atoms with Crippen molar-refractivity contribution < 1.29 is 9.53 Å². The topological polar surface area (TPSA) is 62.4 Å². The second-order valence-corrected chi connectivity index (χ2v) is 8.03. The Labute approximate surface area is 161 Å². The van der Waals surface area contributed by atoms with Crippen LogP contribution in [0.4, 0.5) is 10.5 Å². The van der Waals surface area contributed by atoms with Crippen LogP contribution < -0.4 is 20.7 Å². The fourth-order valence-electron chi connectivity index (χ4n) is 3.26. The Morgan fingerprint density at radius 2 is 1.74 bits per heavy atom. The summed E-state index contributed by atoms with van der Waals surface area (Å²) in [5, 5.41) is 9.12. The van der Waals surface area contributed by atoms with E-state index in [0.29, 0.717) is 0 Å². The summed E-state index contributed by atoms with van der Waals surface area (Å²) in [6.45, 7) is 9.69. The van der Waals surface area contributed by atoms with Gasteiger partial charge in [0.2, 0.25) is 0 Å². The highest BCUT2D eigenvalue weighted by molar-refractivity contribution is 5.89. The van der Waals surface area contributed by atoms with Crippen LogP contribution in [0.15, 0.2) is 42.5 Å². The molecule has 0 fully saturated rings. The average molecular weight is 367 g/mol. The first-order chi connectivity index (χ1) is 12.8. The summed E-state index contributed by atoms with van der Waals surface area (Å²) < 4.78 is 5.93. The monoisotopic (exact) mass is 367 g/mol. The molecule has 0 saturated heterocycles. The number of rotatable bonds is 6. The molecule has 1 heterocycles. The second kappa shape index (κ2) is 8.01. The van der Waals surface area contributed by atoms with Gasteiger partial charge in [-0.25, -0.2) is 4.79 Å². The molecule has 0 atom stereocenters. The summed E-state index contributed by atoms with van der Waals surface area (Å²) in [5.41, 5.74) is 4.41. The van der Waals surface area contributed by atoms with E-state index >= 15 is 0 Å². The summed E-state index contributed by atoms with van der Waals surface area (Å²) in [5.74, 6) is 1.01. The highest BCUT2D eigenvalue weighted by Crippen LogP contribution is 2.35. The Morgan fingerprint density at radius 3 is 2.44 bits per heavy atom. The number of hydrogen-bond acceptors (Lipinski definition) is 3. The quantitative estimate of drug-likeness (QED) is 0.716. The van der Waals surface area contributed by atoms with Crippen molar-refractivity contribution in [1.29, 1.82) is 0 Å². The number of carbonyl (C=O) groups is 1. The van der Waals surface area contributed by atoms with E-state index in [0.717, 1.165) is 30.9 Å². The lowest BCUT2D eigenvalue weighted by Crippen LogP contribution is -2.34. The summed E-state index contributed by atoms with van der Waals surface area (Å²) in [6.07, 6.45) is 0.953. The number of fused-ring (bicyclic) bond motifs is 1. The van der Waals surface area contributed by atoms with Gasteiger partial charge in [-0.3, -0.25) is 0 Å². The molecule has 5 nitrogen and oxygen atoms in total. The third kappa shape index (κ3) is 5.47. The normalized spacial score (nSPS) is 14.6. The van der Waals surface area contributed by atoms with E-state index < -0.39 is 0 Å². The van der Waals surface area contributed by atoms with Crippen molar-refractivity contribution in [1.82, 2.24) is 10.6 Å². The van der Waals surface area contributed by atoms with Crippen molar-refractivity contribution in [2.75, 3.05) is 5.32 Å². The third-order valence-corrected chi connectivity index (χ3v) is 4.42. The van der Waals surface area contributed by atoms with Gasteiger partial charge in [0.05, 0.1) is 0 Å². The van der Waals surface area contributed by atoms with Crippen LogP contribution in [0.5, 0.6) is 5.75 Å². The highest BCUT2D eigenvalue weighted by atomic mass is 16.5. The molecule has 1 aliphatic heterocycles. The number of urea groups is 1. The van der Waals surface area contributed by atoms with Crippen molar-refractivity contribution in [3.63, 3.8) is 0 Å². The van der Waals surface area contributed by atoms with Crippen LogP contribution in [0.3, 0.4) is 0 Å². The Kier molecular flexibility index (Phi) is 5.71. The smallest absolute Gasteiger partial charge is 0.319 e. The molecule has 3 rings (SSSR count). The van der Waals surface area contributed by atoms with Crippen LogP contribution in [0.1, 0.15) is 44.4 Å². The van der Waals surface area contributed by atoms with Crippen molar-refractivity contribution in [2.45, 2.75) is 58.8 Å². The summed E-state index contributed by atoms with van der Waals surface area (Å²) >= 11 is 0. The van der Waals surface area contributed by atoms with Crippen LogP contribution >= 0.6 is 0 Å². The van der Waals surface area contributed by atoms with Gasteiger partial charge in [0.25, 0.3) is 0 Å². The standard InChI is InChI=1S/C22H29N3O2/c1-15(2)24-21(26)25-19-8-5-16(6-9-19)13-23-14-17-7-10-20-18(11-17)12-22(3,4)27-20/h5-11,15,23H,12-14H2,1-4H3,(H2,24,25,26). The van der Waals surface area contributed by atoms with E-state index in [9.17, 15) is 4.79 Å². The highest BCUT2D eigenvalue weighted by Gasteiger charge is 2.29. The predicted molar refractivity (Wildman–Crippen MR) is 109 cm³/mol. The molecule has 144 valence electrons. The Hall–Kier alpha value is -2.53. The maximum Gasteiger partial charge on any atom is 0.319 e. The molecular formula is C22H29N3O2. The predicted octanol–water partition coefficient (Wildman–Crippen LogP) is 4.22. The number of amides is 2. The lowest BCUT2D eigenvalue weighted by Gasteiger charge is -2.16. The minimum atomic E-state index is -0.181. The van der Waals surface area contributed by atoms with Gasteiger partial charge < -0.3 is 20.7 Å². The van der Waals surface area contributed by atoms with Gasteiger partial charge in [-0.15, -0.1) is 0 Å². The van der Waals surface area contributed by atoms with Gasteiger partial charge in [0.1, 0.15) is 11.4 Å². The van der Waals surface area contributed by atoms with E-state index in [2.05, 4.69) is 48.0 Å². The molecule has 0 saturated carbocycles. The first-order valence-corrected chi connectivity index (χ1v) is 9.49. The zero-order valence-corrected chi connectivity index (χ0v) is 16.6. The van der Waals surface area contributed by atoms with Crippen molar-refractivity contribution >= 4 is 11.7 Å². The Balaban J connectivity index is 1.48. The van der Waals surface area contributed by atoms with Crippen LogP contribution in [-0.4, -0.2) is 17.7 Å². The van der Waals surface area contributed by atoms with Gasteiger partial charge in [0.15, 0.2) is 0 Å². The lowest BCUT2D eigenvalue weighted by atomic mass is 10.0. The molecule has 0 spiro atoms. The minimum Gasteiger partial charge on any atom is -0.487 e. The number of carbonyl (C=O) groups excluding carboxylic acids is 1. The number of nitrogens with one attached hydrogen (secondary N) is 3. The van der Waals surface area contributed by atoms with Crippen LogP contribution in [0, 0.1) is 0 Å². The van der Waals surface area contributed by atoms with Crippen molar-refractivity contribution in [3.05, 3.63) is 59.2 Å². The largest absolute Gasteiger partial charge is 0.487 e. The summed E-state index contributed by atoms with van der Waals surface area (Å²) in [4.78, 5) is 11.7. The van der Waals surface area contributed by atoms with Crippen LogP contribution in [-0.2, 0) is 19.5 Å². The van der Waals surface area contributed by atoms with Gasteiger partial charge in [-0.05, 0) is 62.6 Å². The second-order valence-electron chi connectivity index (χ2n) is 8.03. The molecule has 1 aliphatic rings. The van der Waals surface area contributed by atoms with Gasteiger partial charge in [-0.2, -0.15) is 0 Å². The number of anilines is 1. The van der Waals surface area contributed by atoms with Crippen molar-refractivity contribution in [2.24, 2.45) is 0 Å².